The maximum Gasteiger partial charge on any atom is 0.156 e. The Kier molecular flexibility index (Phi) is 5.73. The Morgan fingerprint density at radius 2 is 2.11 bits per heavy atom. The van der Waals surface area contributed by atoms with Crippen molar-refractivity contribution in [2.45, 2.75) is 6.10 Å². The Morgan fingerprint density at radius 1 is 1.37 bits per heavy atom. The number of rotatable bonds is 5. The van der Waals surface area contributed by atoms with Crippen LogP contribution in [-0.2, 0) is 4.74 Å². The topological polar surface area (TPSA) is 41.9 Å². The summed E-state index contributed by atoms with van der Waals surface area (Å²) in [7, 11) is 0. The van der Waals surface area contributed by atoms with Crippen LogP contribution >= 0.6 is 23.2 Å². The van der Waals surface area contributed by atoms with Gasteiger partial charge in [0.05, 0.1) is 23.3 Å². The van der Waals surface area contributed by atoms with Crippen molar-refractivity contribution >= 4 is 23.2 Å². The van der Waals surface area contributed by atoms with Crippen LogP contribution in [0.25, 0.3) is 0 Å². The maximum absolute atomic E-state index is 8.94. The minimum atomic E-state index is -0.0346. The van der Waals surface area contributed by atoms with Gasteiger partial charge in [-0.1, -0.05) is 29.3 Å². The van der Waals surface area contributed by atoms with Crippen LogP contribution in [0.4, 0.5) is 0 Å². The quantitative estimate of drug-likeness (QED) is 0.904. The highest BCUT2D eigenvalue weighted by molar-refractivity contribution is 6.37. The first kappa shape index (κ1) is 14.9. The Bertz CT molecular complexity index is 395. The molecule has 106 valence electrons. The highest BCUT2D eigenvalue weighted by atomic mass is 35.5. The number of ether oxygens (including phenoxy) is 2. The molecule has 0 aromatic heterocycles. The number of morpholine rings is 1. The van der Waals surface area contributed by atoms with Gasteiger partial charge in [0.15, 0.2) is 5.75 Å². The van der Waals surface area contributed by atoms with E-state index in [9.17, 15) is 0 Å². The van der Waals surface area contributed by atoms with Crippen molar-refractivity contribution in [3.05, 3.63) is 28.2 Å². The molecule has 1 aliphatic heterocycles. The second-order valence-corrected chi connectivity index (χ2v) is 5.19. The van der Waals surface area contributed by atoms with Crippen molar-refractivity contribution < 1.29 is 14.6 Å². The molecule has 1 aromatic carbocycles. The summed E-state index contributed by atoms with van der Waals surface area (Å²) in [4.78, 5) is 2.14. The largest absolute Gasteiger partial charge is 0.488 e. The second kappa shape index (κ2) is 7.31. The molecule has 0 bridgehead atoms. The lowest BCUT2D eigenvalue weighted by atomic mass is 10.3. The Morgan fingerprint density at radius 3 is 2.79 bits per heavy atom. The lowest BCUT2D eigenvalue weighted by Crippen LogP contribution is -2.45. The molecule has 1 N–H and O–H groups in total. The summed E-state index contributed by atoms with van der Waals surface area (Å²) in [6.45, 7) is 3.43. The number of aliphatic hydroxyl groups is 1. The molecule has 1 heterocycles. The van der Waals surface area contributed by atoms with Gasteiger partial charge in [0, 0.05) is 19.6 Å². The van der Waals surface area contributed by atoms with E-state index in [1.165, 1.54) is 0 Å². The summed E-state index contributed by atoms with van der Waals surface area (Å²) in [5.74, 6) is 0.494. The minimum absolute atomic E-state index is 0.0346. The summed E-state index contributed by atoms with van der Waals surface area (Å²) < 4.78 is 11.3. The van der Waals surface area contributed by atoms with Crippen LogP contribution in [-0.4, -0.2) is 55.6 Å². The highest BCUT2D eigenvalue weighted by Crippen LogP contribution is 2.32. The zero-order valence-electron chi connectivity index (χ0n) is 10.5. The zero-order valence-corrected chi connectivity index (χ0v) is 12.0. The van der Waals surface area contributed by atoms with Gasteiger partial charge in [0.2, 0.25) is 0 Å². The van der Waals surface area contributed by atoms with Crippen molar-refractivity contribution in [3.8, 4) is 5.75 Å². The third-order valence-electron chi connectivity index (χ3n) is 2.97. The molecule has 1 fully saturated rings. The molecular weight excluding hydrogens is 289 g/mol. The SMILES string of the molecule is OCCN1CCOC(COc2c(Cl)cccc2Cl)C1. The van der Waals surface area contributed by atoms with Gasteiger partial charge in [-0.05, 0) is 12.1 Å². The van der Waals surface area contributed by atoms with E-state index in [1.54, 1.807) is 18.2 Å². The number of hydrogen-bond acceptors (Lipinski definition) is 4. The molecule has 0 spiro atoms. The fraction of sp³-hybridized carbons (Fsp3) is 0.538. The highest BCUT2D eigenvalue weighted by Gasteiger charge is 2.21. The monoisotopic (exact) mass is 305 g/mol. The van der Waals surface area contributed by atoms with Gasteiger partial charge >= 0.3 is 0 Å². The van der Waals surface area contributed by atoms with Crippen molar-refractivity contribution in [3.63, 3.8) is 0 Å². The predicted molar refractivity (Wildman–Crippen MR) is 75.2 cm³/mol. The lowest BCUT2D eigenvalue weighted by molar-refractivity contribution is -0.0508. The third-order valence-corrected chi connectivity index (χ3v) is 3.57. The van der Waals surface area contributed by atoms with Gasteiger partial charge in [-0.15, -0.1) is 0 Å². The van der Waals surface area contributed by atoms with Crippen LogP contribution in [0.15, 0.2) is 18.2 Å². The number of halogens is 2. The van der Waals surface area contributed by atoms with Gasteiger partial charge in [-0.25, -0.2) is 0 Å². The Labute approximate surface area is 122 Å². The van der Waals surface area contributed by atoms with E-state index < -0.39 is 0 Å². The van der Waals surface area contributed by atoms with E-state index in [1.807, 2.05) is 0 Å². The molecule has 6 heteroatoms. The molecule has 19 heavy (non-hydrogen) atoms. The van der Waals surface area contributed by atoms with E-state index in [0.29, 0.717) is 35.6 Å². The molecule has 0 saturated carbocycles. The van der Waals surface area contributed by atoms with Crippen molar-refractivity contribution in [2.75, 3.05) is 39.5 Å². The summed E-state index contributed by atoms with van der Waals surface area (Å²) in [6, 6.07) is 5.25. The van der Waals surface area contributed by atoms with E-state index in [-0.39, 0.29) is 12.7 Å². The van der Waals surface area contributed by atoms with Crippen molar-refractivity contribution in [1.82, 2.24) is 4.90 Å². The summed E-state index contributed by atoms with van der Waals surface area (Å²) in [5, 5.41) is 9.93. The average Bonchev–Trinajstić information content (AvgIpc) is 2.39. The van der Waals surface area contributed by atoms with Gasteiger partial charge in [0.25, 0.3) is 0 Å². The van der Waals surface area contributed by atoms with Gasteiger partial charge in [0.1, 0.15) is 12.7 Å². The van der Waals surface area contributed by atoms with Crippen LogP contribution in [0.2, 0.25) is 10.0 Å². The molecule has 1 aromatic rings. The fourth-order valence-electron chi connectivity index (χ4n) is 2.02. The molecule has 0 aliphatic carbocycles. The Hall–Kier alpha value is -0.520. The molecule has 0 radical (unpaired) electrons. The lowest BCUT2D eigenvalue weighted by Gasteiger charge is -2.32. The van der Waals surface area contributed by atoms with Crippen molar-refractivity contribution in [1.29, 1.82) is 0 Å². The normalized spacial score (nSPS) is 20.5. The molecule has 1 atom stereocenters. The number of para-hydroxylation sites is 1. The van der Waals surface area contributed by atoms with Crippen LogP contribution in [0.3, 0.4) is 0 Å². The third kappa shape index (κ3) is 4.23. The second-order valence-electron chi connectivity index (χ2n) is 4.38. The molecule has 0 amide bonds. The molecule has 4 nitrogen and oxygen atoms in total. The molecule has 1 unspecified atom stereocenters. The molecule has 2 rings (SSSR count). The van der Waals surface area contributed by atoms with Crippen LogP contribution < -0.4 is 4.74 Å². The fourth-order valence-corrected chi connectivity index (χ4v) is 2.53. The first-order valence-corrected chi connectivity index (χ1v) is 6.98. The van der Waals surface area contributed by atoms with Gasteiger partial charge in [-0.2, -0.15) is 0 Å². The zero-order chi connectivity index (χ0) is 13.7. The number of nitrogens with zero attached hydrogens (tertiary/aromatic N) is 1. The summed E-state index contributed by atoms with van der Waals surface area (Å²) >= 11 is 12.1. The first-order valence-electron chi connectivity index (χ1n) is 6.22. The molecule has 1 aliphatic rings. The number of hydrogen-bond donors (Lipinski definition) is 1. The minimum Gasteiger partial charge on any atom is -0.488 e. The molecule has 1 saturated heterocycles. The van der Waals surface area contributed by atoms with Gasteiger partial charge in [-0.3, -0.25) is 4.90 Å². The first-order chi connectivity index (χ1) is 9.20. The van der Waals surface area contributed by atoms with E-state index in [4.69, 9.17) is 37.8 Å². The number of aliphatic hydroxyl groups excluding tert-OH is 1. The smallest absolute Gasteiger partial charge is 0.156 e. The predicted octanol–water partition coefficient (Wildman–Crippen LogP) is 2.07. The van der Waals surface area contributed by atoms with E-state index in [2.05, 4.69) is 4.90 Å². The number of β-amino-alcohol motifs (C(OH)–C–C–N with tert-alkyl or cyclic N) is 1. The van der Waals surface area contributed by atoms with Crippen molar-refractivity contribution in [2.24, 2.45) is 0 Å². The average molecular weight is 306 g/mol. The van der Waals surface area contributed by atoms with Crippen LogP contribution in [0, 0.1) is 0 Å². The van der Waals surface area contributed by atoms with E-state index >= 15 is 0 Å². The Balaban J connectivity index is 1.88. The standard InChI is InChI=1S/C13H17Cl2NO3/c14-11-2-1-3-12(15)13(11)19-9-10-8-16(4-6-17)5-7-18-10/h1-3,10,17H,4-9H2. The number of benzene rings is 1. The van der Waals surface area contributed by atoms with Crippen LogP contribution in [0.1, 0.15) is 0 Å². The maximum atomic E-state index is 8.94. The van der Waals surface area contributed by atoms with Gasteiger partial charge < -0.3 is 14.6 Å². The summed E-state index contributed by atoms with van der Waals surface area (Å²) in [5.41, 5.74) is 0. The molecular formula is C13H17Cl2NO3. The summed E-state index contributed by atoms with van der Waals surface area (Å²) in [6.07, 6.45) is -0.0346. The van der Waals surface area contributed by atoms with E-state index in [0.717, 1.165) is 13.1 Å². The van der Waals surface area contributed by atoms with Crippen LogP contribution in [0.5, 0.6) is 5.75 Å².